The van der Waals surface area contributed by atoms with Gasteiger partial charge in [0.05, 0.1) is 0 Å². The van der Waals surface area contributed by atoms with Crippen molar-refractivity contribution in [2.24, 2.45) is 0 Å². The van der Waals surface area contributed by atoms with E-state index in [1.165, 1.54) is 11.1 Å². The van der Waals surface area contributed by atoms with E-state index in [1.807, 2.05) is 13.0 Å². The zero-order valence-corrected chi connectivity index (χ0v) is 12.4. The standard InChI is InChI=1S/C16H26O2/c1-6-13(3)9-8-10-14(4)11-12-18-16(17)15(5)7-2/h7,9,11H,6,8,10,12H2,1-5H3. The molecule has 0 atom stereocenters. The summed E-state index contributed by atoms with van der Waals surface area (Å²) in [6.45, 7) is 10.4. The predicted octanol–water partition coefficient (Wildman–Crippen LogP) is 4.58. The summed E-state index contributed by atoms with van der Waals surface area (Å²) in [7, 11) is 0. The molecule has 0 saturated carbocycles. The fraction of sp³-hybridized carbons (Fsp3) is 0.562. The van der Waals surface area contributed by atoms with Crippen LogP contribution in [0.3, 0.4) is 0 Å². The number of hydrogen-bond acceptors (Lipinski definition) is 2. The maximum absolute atomic E-state index is 11.4. The van der Waals surface area contributed by atoms with Crippen molar-refractivity contribution in [1.29, 1.82) is 0 Å². The van der Waals surface area contributed by atoms with Crippen LogP contribution in [0.5, 0.6) is 0 Å². The molecule has 0 N–H and O–H groups in total. The van der Waals surface area contributed by atoms with E-state index >= 15 is 0 Å². The van der Waals surface area contributed by atoms with Gasteiger partial charge in [-0.2, -0.15) is 0 Å². The SMILES string of the molecule is CC=C(C)C(=O)OCC=C(C)CCC=C(C)CC. The van der Waals surface area contributed by atoms with E-state index in [-0.39, 0.29) is 5.97 Å². The molecule has 0 aromatic rings. The summed E-state index contributed by atoms with van der Waals surface area (Å²) in [4.78, 5) is 11.4. The molecule has 0 aliphatic carbocycles. The summed E-state index contributed by atoms with van der Waals surface area (Å²) in [6.07, 6.45) is 9.21. The van der Waals surface area contributed by atoms with Gasteiger partial charge in [0.25, 0.3) is 0 Å². The lowest BCUT2D eigenvalue weighted by atomic mass is 10.1. The molecule has 0 fully saturated rings. The fourth-order valence-electron chi connectivity index (χ4n) is 1.28. The zero-order chi connectivity index (χ0) is 14.0. The third-order valence-electron chi connectivity index (χ3n) is 2.99. The number of rotatable bonds is 7. The van der Waals surface area contributed by atoms with Crippen LogP contribution in [0.15, 0.2) is 34.9 Å². The Morgan fingerprint density at radius 3 is 2.33 bits per heavy atom. The topological polar surface area (TPSA) is 26.3 Å². The first-order valence-corrected chi connectivity index (χ1v) is 6.62. The molecule has 2 nitrogen and oxygen atoms in total. The van der Waals surface area contributed by atoms with E-state index in [0.29, 0.717) is 12.2 Å². The highest BCUT2D eigenvalue weighted by Gasteiger charge is 2.02. The Hall–Kier alpha value is -1.31. The Morgan fingerprint density at radius 2 is 1.78 bits per heavy atom. The van der Waals surface area contributed by atoms with Crippen molar-refractivity contribution in [3.05, 3.63) is 34.9 Å². The molecule has 0 aromatic carbocycles. The molecular weight excluding hydrogens is 224 g/mol. The largest absolute Gasteiger partial charge is 0.458 e. The van der Waals surface area contributed by atoms with Gasteiger partial charge in [-0.15, -0.1) is 0 Å². The first kappa shape index (κ1) is 16.7. The van der Waals surface area contributed by atoms with E-state index in [1.54, 1.807) is 13.0 Å². The lowest BCUT2D eigenvalue weighted by molar-refractivity contribution is -0.137. The average Bonchev–Trinajstić information content (AvgIpc) is 2.37. The average molecular weight is 250 g/mol. The van der Waals surface area contributed by atoms with Crippen molar-refractivity contribution in [1.82, 2.24) is 0 Å². The van der Waals surface area contributed by atoms with Crippen molar-refractivity contribution >= 4 is 5.97 Å². The van der Waals surface area contributed by atoms with Crippen molar-refractivity contribution in [3.63, 3.8) is 0 Å². The van der Waals surface area contributed by atoms with Gasteiger partial charge in [0.1, 0.15) is 6.61 Å². The minimum Gasteiger partial charge on any atom is -0.458 e. The number of ether oxygens (including phenoxy) is 1. The smallest absolute Gasteiger partial charge is 0.333 e. The molecule has 0 rings (SSSR count). The quantitative estimate of drug-likeness (QED) is 0.375. The summed E-state index contributed by atoms with van der Waals surface area (Å²) in [5.41, 5.74) is 3.35. The van der Waals surface area contributed by atoms with Crippen LogP contribution in [-0.2, 0) is 9.53 Å². The van der Waals surface area contributed by atoms with Crippen LogP contribution in [0.1, 0.15) is 53.9 Å². The lowest BCUT2D eigenvalue weighted by Crippen LogP contribution is -2.05. The van der Waals surface area contributed by atoms with Gasteiger partial charge in [0.2, 0.25) is 0 Å². The molecule has 0 aromatic heterocycles. The molecule has 102 valence electrons. The highest BCUT2D eigenvalue weighted by molar-refractivity contribution is 5.87. The maximum atomic E-state index is 11.4. The Bertz CT molecular complexity index is 346. The van der Waals surface area contributed by atoms with Gasteiger partial charge in [0, 0.05) is 5.57 Å². The van der Waals surface area contributed by atoms with Crippen molar-refractivity contribution in [2.75, 3.05) is 6.61 Å². The van der Waals surface area contributed by atoms with E-state index in [0.717, 1.165) is 19.3 Å². The molecule has 0 heterocycles. The van der Waals surface area contributed by atoms with Crippen molar-refractivity contribution in [2.45, 2.75) is 53.9 Å². The second kappa shape index (κ2) is 9.69. The van der Waals surface area contributed by atoms with Gasteiger partial charge in [-0.1, -0.05) is 30.2 Å². The van der Waals surface area contributed by atoms with Crippen LogP contribution >= 0.6 is 0 Å². The number of esters is 1. The summed E-state index contributed by atoms with van der Waals surface area (Å²) in [5, 5.41) is 0. The van der Waals surface area contributed by atoms with E-state index in [4.69, 9.17) is 4.74 Å². The van der Waals surface area contributed by atoms with E-state index in [2.05, 4.69) is 26.8 Å². The second-order valence-corrected chi connectivity index (χ2v) is 4.56. The summed E-state index contributed by atoms with van der Waals surface area (Å²) >= 11 is 0. The predicted molar refractivity (Wildman–Crippen MR) is 77.4 cm³/mol. The Kier molecular flexibility index (Phi) is 8.99. The van der Waals surface area contributed by atoms with Crippen LogP contribution in [0.25, 0.3) is 0 Å². The third kappa shape index (κ3) is 7.88. The van der Waals surface area contributed by atoms with Crippen LogP contribution in [0.2, 0.25) is 0 Å². The molecule has 0 radical (unpaired) electrons. The van der Waals surface area contributed by atoms with E-state index in [9.17, 15) is 4.79 Å². The van der Waals surface area contributed by atoms with Crippen LogP contribution < -0.4 is 0 Å². The minimum atomic E-state index is -0.233. The number of carbonyl (C=O) groups is 1. The number of hydrogen-bond donors (Lipinski definition) is 0. The van der Waals surface area contributed by atoms with E-state index < -0.39 is 0 Å². The molecule has 0 saturated heterocycles. The van der Waals surface area contributed by atoms with Gasteiger partial charge in [0.15, 0.2) is 0 Å². The van der Waals surface area contributed by atoms with Gasteiger partial charge >= 0.3 is 5.97 Å². The second-order valence-electron chi connectivity index (χ2n) is 4.56. The molecular formula is C16H26O2. The zero-order valence-electron chi connectivity index (χ0n) is 12.4. The Balaban J connectivity index is 3.95. The normalized spacial score (nSPS) is 13.7. The van der Waals surface area contributed by atoms with Crippen LogP contribution in [-0.4, -0.2) is 12.6 Å². The summed E-state index contributed by atoms with van der Waals surface area (Å²) in [6, 6.07) is 0. The minimum absolute atomic E-state index is 0.233. The number of carbonyl (C=O) groups excluding carboxylic acids is 1. The van der Waals surface area contributed by atoms with Crippen LogP contribution in [0, 0.1) is 0 Å². The molecule has 18 heavy (non-hydrogen) atoms. The number of allylic oxidation sites excluding steroid dienone is 4. The Morgan fingerprint density at radius 1 is 1.11 bits per heavy atom. The highest BCUT2D eigenvalue weighted by Crippen LogP contribution is 2.08. The third-order valence-corrected chi connectivity index (χ3v) is 2.99. The summed E-state index contributed by atoms with van der Waals surface area (Å²) < 4.78 is 5.11. The highest BCUT2D eigenvalue weighted by atomic mass is 16.5. The molecule has 0 unspecified atom stereocenters. The first-order chi connectivity index (χ1) is 8.51. The van der Waals surface area contributed by atoms with Crippen LogP contribution in [0.4, 0.5) is 0 Å². The summed E-state index contributed by atoms with van der Waals surface area (Å²) in [5.74, 6) is -0.233. The monoisotopic (exact) mass is 250 g/mol. The first-order valence-electron chi connectivity index (χ1n) is 6.62. The maximum Gasteiger partial charge on any atom is 0.333 e. The molecule has 0 amide bonds. The molecule has 0 spiro atoms. The fourth-order valence-corrected chi connectivity index (χ4v) is 1.28. The molecule has 0 aliphatic rings. The van der Waals surface area contributed by atoms with Crippen molar-refractivity contribution < 1.29 is 9.53 Å². The van der Waals surface area contributed by atoms with Gasteiger partial charge in [-0.05, 0) is 53.0 Å². The molecule has 0 aliphatic heterocycles. The van der Waals surface area contributed by atoms with Gasteiger partial charge in [-0.25, -0.2) is 4.79 Å². The van der Waals surface area contributed by atoms with Crippen molar-refractivity contribution in [3.8, 4) is 0 Å². The molecule has 2 heteroatoms. The Labute approximate surface area is 111 Å². The molecule has 0 bridgehead atoms. The lowest BCUT2D eigenvalue weighted by Gasteiger charge is -2.03. The van der Waals surface area contributed by atoms with Gasteiger partial charge < -0.3 is 4.74 Å². The van der Waals surface area contributed by atoms with Gasteiger partial charge in [-0.3, -0.25) is 0 Å².